The van der Waals surface area contributed by atoms with Gasteiger partial charge in [-0.05, 0) is 0 Å². The third-order valence-electron chi connectivity index (χ3n) is 1.70. The number of carbonyl (C=O) groups excluding carboxylic acids is 1. The number of cyclic esters (lactones) is 1. The molecule has 10 heavy (non-hydrogen) atoms. The number of ether oxygens (including phenoxy) is 1. The lowest BCUT2D eigenvalue weighted by molar-refractivity contribution is -0.144. The number of esters is 1. The number of carboxylic acid groups (broad SMARTS) is 1. The van der Waals surface area contributed by atoms with Gasteiger partial charge in [-0.1, -0.05) is 6.92 Å². The molecule has 1 N–H and O–H groups in total. The molecule has 56 valence electrons. The molecule has 0 aromatic carbocycles. The molecule has 0 amide bonds. The van der Waals surface area contributed by atoms with Crippen molar-refractivity contribution in [3.63, 3.8) is 0 Å². The van der Waals surface area contributed by atoms with Gasteiger partial charge in [0.05, 0.1) is 5.92 Å². The molecule has 1 saturated heterocycles. The Bertz CT molecular complexity index is 175. The monoisotopic (exact) mass is 144 g/mol. The topological polar surface area (TPSA) is 63.6 Å². The fourth-order valence-electron chi connectivity index (χ4n) is 0.897. The quantitative estimate of drug-likeness (QED) is 0.521. The van der Waals surface area contributed by atoms with Crippen LogP contribution < -0.4 is 0 Å². The second-order valence-electron chi connectivity index (χ2n) is 2.36. The molecule has 0 saturated carbocycles. The van der Waals surface area contributed by atoms with E-state index < -0.39 is 23.8 Å². The van der Waals surface area contributed by atoms with E-state index in [1.807, 2.05) is 0 Å². The van der Waals surface area contributed by atoms with E-state index in [9.17, 15) is 9.59 Å². The van der Waals surface area contributed by atoms with Gasteiger partial charge in [0.2, 0.25) is 0 Å². The molecule has 1 heterocycles. The molecule has 1 rings (SSSR count). The van der Waals surface area contributed by atoms with Gasteiger partial charge in [0.15, 0.2) is 0 Å². The highest BCUT2D eigenvalue weighted by molar-refractivity contribution is 5.83. The summed E-state index contributed by atoms with van der Waals surface area (Å²) in [6, 6.07) is 0. The molecule has 0 radical (unpaired) electrons. The van der Waals surface area contributed by atoms with E-state index in [1.54, 1.807) is 6.92 Å². The molecule has 1 fully saturated rings. The zero-order valence-electron chi connectivity index (χ0n) is 5.53. The van der Waals surface area contributed by atoms with Crippen LogP contribution in [0.5, 0.6) is 0 Å². The predicted octanol–water partition coefficient (Wildman–Crippen LogP) is -0.120. The van der Waals surface area contributed by atoms with E-state index in [0.29, 0.717) is 0 Å². The summed E-state index contributed by atoms with van der Waals surface area (Å²) >= 11 is 0. The van der Waals surface area contributed by atoms with Crippen LogP contribution in [0, 0.1) is 11.8 Å². The van der Waals surface area contributed by atoms with Crippen molar-refractivity contribution in [3.8, 4) is 0 Å². The average Bonchev–Trinajstić information content (AvgIpc) is 2.14. The normalized spacial score (nSPS) is 31.9. The number of hydrogen-bond acceptors (Lipinski definition) is 3. The summed E-state index contributed by atoms with van der Waals surface area (Å²) < 4.78 is 4.52. The minimum Gasteiger partial charge on any atom is -0.481 e. The predicted molar refractivity (Wildman–Crippen MR) is 31.2 cm³/mol. The van der Waals surface area contributed by atoms with Crippen LogP contribution in [0.1, 0.15) is 6.92 Å². The molecule has 1 aliphatic heterocycles. The van der Waals surface area contributed by atoms with Gasteiger partial charge in [-0.3, -0.25) is 9.59 Å². The SMILES string of the molecule is C[C@@H]1C(=O)OC[C@H]1C(=O)O. The molecule has 0 spiro atoms. The lowest BCUT2D eigenvalue weighted by atomic mass is 9.98. The van der Waals surface area contributed by atoms with Gasteiger partial charge in [0.1, 0.15) is 12.5 Å². The van der Waals surface area contributed by atoms with Gasteiger partial charge in [-0.2, -0.15) is 0 Å². The minimum atomic E-state index is -0.960. The Balaban J connectivity index is 2.66. The van der Waals surface area contributed by atoms with Crippen LogP contribution >= 0.6 is 0 Å². The average molecular weight is 144 g/mol. The number of aliphatic carboxylic acids is 1. The van der Waals surface area contributed by atoms with E-state index in [-0.39, 0.29) is 6.61 Å². The van der Waals surface area contributed by atoms with E-state index in [1.165, 1.54) is 0 Å². The third kappa shape index (κ3) is 0.964. The molecule has 0 aliphatic carbocycles. The molecule has 0 aromatic rings. The summed E-state index contributed by atoms with van der Waals surface area (Å²) in [5, 5.41) is 8.47. The van der Waals surface area contributed by atoms with Crippen LogP contribution in [0.15, 0.2) is 0 Å². The van der Waals surface area contributed by atoms with Crippen molar-refractivity contribution >= 4 is 11.9 Å². The van der Waals surface area contributed by atoms with Crippen molar-refractivity contribution in [2.75, 3.05) is 6.61 Å². The van der Waals surface area contributed by atoms with Crippen LogP contribution in [0.4, 0.5) is 0 Å². The van der Waals surface area contributed by atoms with Gasteiger partial charge in [0, 0.05) is 0 Å². The zero-order chi connectivity index (χ0) is 7.72. The summed E-state index contributed by atoms with van der Waals surface area (Å²) in [7, 11) is 0. The fourth-order valence-corrected chi connectivity index (χ4v) is 0.897. The maximum atomic E-state index is 10.6. The molecule has 4 heteroatoms. The maximum absolute atomic E-state index is 10.6. The third-order valence-corrected chi connectivity index (χ3v) is 1.70. The highest BCUT2D eigenvalue weighted by Crippen LogP contribution is 2.20. The summed E-state index contributed by atoms with van der Waals surface area (Å²) in [5.74, 6) is -2.50. The van der Waals surface area contributed by atoms with Crippen molar-refractivity contribution in [1.29, 1.82) is 0 Å². The van der Waals surface area contributed by atoms with Crippen LogP contribution in [0.25, 0.3) is 0 Å². The molecule has 4 nitrogen and oxygen atoms in total. The molecular weight excluding hydrogens is 136 g/mol. The smallest absolute Gasteiger partial charge is 0.310 e. The van der Waals surface area contributed by atoms with Gasteiger partial charge >= 0.3 is 11.9 Å². The number of hydrogen-bond donors (Lipinski definition) is 1. The number of carboxylic acids is 1. The van der Waals surface area contributed by atoms with Crippen molar-refractivity contribution in [3.05, 3.63) is 0 Å². The highest BCUT2D eigenvalue weighted by atomic mass is 16.5. The summed E-state index contributed by atoms with van der Waals surface area (Å²) in [4.78, 5) is 20.9. The first kappa shape index (κ1) is 7.05. The van der Waals surface area contributed by atoms with Crippen molar-refractivity contribution < 1.29 is 19.4 Å². The number of carbonyl (C=O) groups is 2. The lowest BCUT2D eigenvalue weighted by Crippen LogP contribution is -2.20. The van der Waals surface area contributed by atoms with Gasteiger partial charge < -0.3 is 9.84 Å². The van der Waals surface area contributed by atoms with Crippen molar-refractivity contribution in [2.24, 2.45) is 11.8 Å². The summed E-state index contributed by atoms with van der Waals surface area (Å²) in [5.41, 5.74) is 0. The molecule has 0 bridgehead atoms. The first-order chi connectivity index (χ1) is 4.63. The molecule has 0 aromatic heterocycles. The van der Waals surface area contributed by atoms with Gasteiger partial charge in [-0.15, -0.1) is 0 Å². The Labute approximate surface area is 57.8 Å². The van der Waals surface area contributed by atoms with Crippen LogP contribution in [0.3, 0.4) is 0 Å². The van der Waals surface area contributed by atoms with Crippen LogP contribution in [0.2, 0.25) is 0 Å². The van der Waals surface area contributed by atoms with Crippen LogP contribution in [-0.4, -0.2) is 23.7 Å². The summed E-state index contributed by atoms with van der Waals surface area (Å²) in [6.45, 7) is 1.59. The highest BCUT2D eigenvalue weighted by Gasteiger charge is 2.37. The fraction of sp³-hybridized carbons (Fsp3) is 0.667. The standard InChI is InChI=1S/C6H8O4/c1-3-4(5(7)8)2-10-6(3)9/h3-4H,2H2,1H3,(H,7,8)/t3-,4+/m0/s1. The van der Waals surface area contributed by atoms with Crippen molar-refractivity contribution in [2.45, 2.75) is 6.92 Å². The summed E-state index contributed by atoms with van der Waals surface area (Å²) in [6.07, 6.45) is 0. The minimum absolute atomic E-state index is 0.0231. The second-order valence-corrected chi connectivity index (χ2v) is 2.36. The Morgan fingerprint density at radius 3 is 2.60 bits per heavy atom. The second kappa shape index (κ2) is 2.28. The van der Waals surface area contributed by atoms with E-state index in [0.717, 1.165) is 0 Å². The zero-order valence-corrected chi connectivity index (χ0v) is 5.53. The molecular formula is C6H8O4. The van der Waals surface area contributed by atoms with Crippen molar-refractivity contribution in [1.82, 2.24) is 0 Å². The van der Waals surface area contributed by atoms with E-state index >= 15 is 0 Å². The van der Waals surface area contributed by atoms with E-state index in [4.69, 9.17) is 5.11 Å². The first-order valence-electron chi connectivity index (χ1n) is 3.02. The Hall–Kier alpha value is -1.06. The lowest BCUT2D eigenvalue weighted by Gasteiger charge is -2.01. The first-order valence-corrected chi connectivity index (χ1v) is 3.02. The van der Waals surface area contributed by atoms with Crippen LogP contribution in [-0.2, 0) is 14.3 Å². The Morgan fingerprint density at radius 2 is 2.40 bits per heavy atom. The largest absolute Gasteiger partial charge is 0.481 e. The van der Waals surface area contributed by atoms with E-state index in [2.05, 4.69) is 4.74 Å². The molecule has 0 unspecified atom stereocenters. The maximum Gasteiger partial charge on any atom is 0.310 e. The van der Waals surface area contributed by atoms with Gasteiger partial charge in [-0.25, -0.2) is 0 Å². The Kier molecular flexibility index (Phi) is 1.61. The molecule has 1 aliphatic rings. The van der Waals surface area contributed by atoms with Gasteiger partial charge in [0.25, 0.3) is 0 Å². The number of rotatable bonds is 1. The molecule has 2 atom stereocenters. The Morgan fingerprint density at radius 1 is 1.80 bits per heavy atom.